The van der Waals surface area contributed by atoms with Crippen LogP contribution >= 0.6 is 12.4 Å². The second-order valence-corrected chi connectivity index (χ2v) is 3.58. The normalized spacial score (nSPS) is 38.8. The lowest BCUT2D eigenvalue weighted by Crippen LogP contribution is -2.35. The van der Waals surface area contributed by atoms with Crippen molar-refractivity contribution in [3.05, 3.63) is 0 Å². The van der Waals surface area contributed by atoms with Crippen LogP contribution in [0.25, 0.3) is 0 Å². The molecule has 1 aliphatic heterocycles. The highest BCUT2D eigenvalue weighted by Gasteiger charge is 2.42. The lowest BCUT2D eigenvalue weighted by molar-refractivity contribution is -0.140. The molecule has 2 rings (SSSR count). The van der Waals surface area contributed by atoms with Crippen molar-refractivity contribution in [1.82, 2.24) is 5.32 Å². The van der Waals surface area contributed by atoms with Crippen molar-refractivity contribution in [2.24, 2.45) is 11.8 Å². The quantitative estimate of drug-likeness (QED) is 0.647. The van der Waals surface area contributed by atoms with E-state index in [2.05, 4.69) is 5.32 Å². The Kier molecular flexibility index (Phi) is 2.96. The monoisotopic (exact) mass is 191 g/mol. The molecule has 1 saturated carbocycles. The topological polar surface area (TPSA) is 49.3 Å². The van der Waals surface area contributed by atoms with Gasteiger partial charge in [-0.1, -0.05) is 6.42 Å². The summed E-state index contributed by atoms with van der Waals surface area (Å²) in [6.07, 6.45) is 3.55. The van der Waals surface area contributed by atoms with E-state index < -0.39 is 5.97 Å². The smallest absolute Gasteiger partial charge is 0.320 e. The van der Waals surface area contributed by atoms with Gasteiger partial charge in [0, 0.05) is 0 Å². The molecule has 3 nitrogen and oxygen atoms in total. The molecule has 1 heterocycles. The van der Waals surface area contributed by atoms with Crippen LogP contribution in [-0.2, 0) is 4.79 Å². The minimum absolute atomic E-state index is 0. The minimum Gasteiger partial charge on any atom is -0.480 e. The van der Waals surface area contributed by atoms with E-state index >= 15 is 0 Å². The average molecular weight is 192 g/mol. The molecule has 70 valence electrons. The highest BCUT2D eigenvalue weighted by Crippen LogP contribution is 2.37. The minimum atomic E-state index is -0.667. The van der Waals surface area contributed by atoms with E-state index in [0.717, 1.165) is 13.0 Å². The van der Waals surface area contributed by atoms with E-state index in [1.807, 2.05) is 0 Å². The van der Waals surface area contributed by atoms with E-state index in [0.29, 0.717) is 11.8 Å². The third-order valence-electron chi connectivity index (χ3n) is 3.01. The number of hydrogen-bond acceptors (Lipinski definition) is 2. The second-order valence-electron chi connectivity index (χ2n) is 3.58. The molecule has 2 N–H and O–H groups in total. The van der Waals surface area contributed by atoms with Crippen LogP contribution in [0.1, 0.15) is 19.3 Å². The molecule has 2 aliphatic rings. The molecule has 12 heavy (non-hydrogen) atoms. The summed E-state index contributed by atoms with van der Waals surface area (Å²) >= 11 is 0. The molecule has 1 saturated heterocycles. The number of hydrogen-bond donors (Lipinski definition) is 2. The van der Waals surface area contributed by atoms with E-state index in [-0.39, 0.29) is 18.4 Å². The van der Waals surface area contributed by atoms with Crippen molar-refractivity contribution in [3.8, 4) is 0 Å². The summed E-state index contributed by atoms with van der Waals surface area (Å²) in [5.41, 5.74) is 0. The first-order chi connectivity index (χ1) is 5.29. The number of halogens is 1. The number of fused-ring (bicyclic) bond motifs is 1. The molecule has 0 aromatic carbocycles. The highest BCUT2D eigenvalue weighted by molar-refractivity contribution is 5.85. The maximum absolute atomic E-state index is 10.7. The number of carboxylic acids is 1. The van der Waals surface area contributed by atoms with Gasteiger partial charge >= 0.3 is 5.97 Å². The van der Waals surface area contributed by atoms with Gasteiger partial charge in [0.25, 0.3) is 0 Å². The molecule has 0 bridgehead atoms. The van der Waals surface area contributed by atoms with Gasteiger partial charge in [0.15, 0.2) is 0 Å². The fourth-order valence-corrected chi connectivity index (χ4v) is 2.46. The number of carbonyl (C=O) groups is 1. The van der Waals surface area contributed by atoms with Crippen LogP contribution in [0.15, 0.2) is 0 Å². The fraction of sp³-hybridized carbons (Fsp3) is 0.875. The average Bonchev–Trinajstić information content (AvgIpc) is 2.41. The molecule has 0 amide bonds. The van der Waals surface area contributed by atoms with Gasteiger partial charge in [0.1, 0.15) is 6.04 Å². The SMILES string of the molecule is Cl.O=C(O)[C@@H]1NC[C@@H]2CCC[C@H]21. The number of rotatable bonds is 1. The van der Waals surface area contributed by atoms with Gasteiger partial charge in [-0.25, -0.2) is 0 Å². The van der Waals surface area contributed by atoms with Gasteiger partial charge in [0.2, 0.25) is 0 Å². The summed E-state index contributed by atoms with van der Waals surface area (Å²) in [5, 5.41) is 11.9. The fourth-order valence-electron chi connectivity index (χ4n) is 2.46. The molecule has 1 aliphatic carbocycles. The van der Waals surface area contributed by atoms with Crippen LogP contribution in [0.5, 0.6) is 0 Å². The zero-order valence-electron chi connectivity index (χ0n) is 6.82. The molecular formula is C8H14ClNO2. The van der Waals surface area contributed by atoms with Crippen molar-refractivity contribution in [2.75, 3.05) is 6.54 Å². The Morgan fingerprint density at radius 3 is 2.83 bits per heavy atom. The van der Waals surface area contributed by atoms with Crippen LogP contribution in [0.4, 0.5) is 0 Å². The Hall–Kier alpha value is -0.280. The summed E-state index contributed by atoms with van der Waals surface area (Å²) in [5.74, 6) is 0.406. The number of nitrogens with one attached hydrogen (secondary N) is 1. The molecule has 2 fully saturated rings. The third kappa shape index (κ3) is 1.43. The van der Waals surface area contributed by atoms with Crippen molar-refractivity contribution in [3.63, 3.8) is 0 Å². The maximum Gasteiger partial charge on any atom is 0.320 e. The van der Waals surface area contributed by atoms with E-state index in [9.17, 15) is 4.79 Å². The van der Waals surface area contributed by atoms with Gasteiger partial charge < -0.3 is 10.4 Å². The van der Waals surface area contributed by atoms with E-state index in [4.69, 9.17) is 5.11 Å². The lowest BCUT2D eigenvalue weighted by Gasteiger charge is -2.12. The zero-order valence-corrected chi connectivity index (χ0v) is 7.64. The van der Waals surface area contributed by atoms with Crippen molar-refractivity contribution >= 4 is 18.4 Å². The van der Waals surface area contributed by atoms with Gasteiger partial charge in [0.05, 0.1) is 0 Å². The Morgan fingerprint density at radius 2 is 2.17 bits per heavy atom. The third-order valence-corrected chi connectivity index (χ3v) is 3.01. The lowest BCUT2D eigenvalue weighted by atomic mass is 9.94. The predicted octanol–water partition coefficient (Wildman–Crippen LogP) is 0.881. The van der Waals surface area contributed by atoms with Crippen LogP contribution in [0.3, 0.4) is 0 Å². The molecule has 0 aromatic rings. The Morgan fingerprint density at radius 1 is 1.42 bits per heavy atom. The Balaban J connectivity index is 0.000000720. The first kappa shape index (κ1) is 9.81. The van der Waals surface area contributed by atoms with Crippen LogP contribution in [0, 0.1) is 11.8 Å². The van der Waals surface area contributed by atoms with Crippen molar-refractivity contribution in [2.45, 2.75) is 25.3 Å². The second kappa shape index (κ2) is 3.62. The summed E-state index contributed by atoms with van der Waals surface area (Å²) in [7, 11) is 0. The summed E-state index contributed by atoms with van der Waals surface area (Å²) < 4.78 is 0. The molecule has 0 spiro atoms. The summed E-state index contributed by atoms with van der Waals surface area (Å²) in [6.45, 7) is 0.918. The highest BCUT2D eigenvalue weighted by atomic mass is 35.5. The Labute approximate surface area is 77.9 Å². The standard InChI is InChI=1S/C8H13NO2.ClH/c10-8(11)7-6-3-1-2-5(6)4-9-7;/h5-7,9H,1-4H2,(H,10,11);1H/t5-,6+,7+;/m0./s1. The molecule has 0 radical (unpaired) electrons. The molecule has 3 atom stereocenters. The van der Waals surface area contributed by atoms with Crippen LogP contribution in [-0.4, -0.2) is 23.7 Å². The van der Waals surface area contributed by atoms with Crippen LogP contribution < -0.4 is 5.32 Å². The van der Waals surface area contributed by atoms with Gasteiger partial charge in [-0.05, 0) is 31.2 Å². The predicted molar refractivity (Wildman–Crippen MR) is 47.5 cm³/mol. The number of carboxylic acid groups (broad SMARTS) is 1. The van der Waals surface area contributed by atoms with Crippen molar-refractivity contribution in [1.29, 1.82) is 0 Å². The maximum atomic E-state index is 10.7. The summed E-state index contributed by atoms with van der Waals surface area (Å²) in [4.78, 5) is 10.7. The van der Waals surface area contributed by atoms with E-state index in [1.54, 1.807) is 0 Å². The molecule has 4 heteroatoms. The van der Waals surface area contributed by atoms with E-state index in [1.165, 1.54) is 12.8 Å². The first-order valence-corrected chi connectivity index (χ1v) is 4.25. The number of aliphatic carboxylic acids is 1. The molecular weight excluding hydrogens is 178 g/mol. The first-order valence-electron chi connectivity index (χ1n) is 4.25. The van der Waals surface area contributed by atoms with Crippen molar-refractivity contribution < 1.29 is 9.90 Å². The van der Waals surface area contributed by atoms with Gasteiger partial charge in [-0.2, -0.15) is 0 Å². The van der Waals surface area contributed by atoms with Crippen LogP contribution in [0.2, 0.25) is 0 Å². The summed E-state index contributed by atoms with van der Waals surface area (Å²) in [6, 6.07) is -0.248. The van der Waals surface area contributed by atoms with Gasteiger partial charge in [-0.3, -0.25) is 4.79 Å². The zero-order chi connectivity index (χ0) is 7.84. The molecule has 0 unspecified atom stereocenters. The Bertz CT molecular complexity index is 186. The molecule has 0 aromatic heterocycles. The largest absolute Gasteiger partial charge is 0.480 e. The van der Waals surface area contributed by atoms with Gasteiger partial charge in [-0.15, -0.1) is 12.4 Å².